The Balaban J connectivity index is 1.77. The number of nitrogens with one attached hydrogen (secondary N) is 1. The zero-order chi connectivity index (χ0) is 29.9. The summed E-state index contributed by atoms with van der Waals surface area (Å²) in [5, 5.41) is 14.5. The number of amides is 1. The van der Waals surface area contributed by atoms with Crippen LogP contribution in [0.2, 0.25) is 0 Å². The number of carbonyl (C=O) groups is 2. The third-order valence-corrected chi connectivity index (χ3v) is 8.83. The van der Waals surface area contributed by atoms with E-state index in [1.807, 2.05) is 36.4 Å². The fourth-order valence-corrected chi connectivity index (χ4v) is 6.68. The van der Waals surface area contributed by atoms with Crippen molar-refractivity contribution in [1.82, 2.24) is 10.2 Å². The van der Waals surface area contributed by atoms with Gasteiger partial charge in [0.25, 0.3) is 0 Å². The molecule has 7 nitrogen and oxygen atoms in total. The molecule has 0 spiro atoms. The van der Waals surface area contributed by atoms with E-state index >= 15 is 0 Å². The van der Waals surface area contributed by atoms with E-state index in [0.717, 1.165) is 29.7 Å². The lowest BCUT2D eigenvalue weighted by atomic mass is 9.72. The highest BCUT2D eigenvalue weighted by Crippen LogP contribution is 2.49. The van der Waals surface area contributed by atoms with E-state index in [2.05, 4.69) is 59.0 Å². The smallest absolute Gasteiger partial charge is 0.326 e. The first-order valence-corrected chi connectivity index (χ1v) is 14.9. The van der Waals surface area contributed by atoms with Crippen LogP contribution in [0, 0.1) is 17.3 Å². The molecule has 0 radical (unpaired) electrons. The minimum absolute atomic E-state index is 0.0311. The molecule has 2 N–H and O–H groups in total. The molecule has 0 saturated carbocycles. The van der Waals surface area contributed by atoms with Crippen LogP contribution in [-0.4, -0.2) is 54.3 Å². The van der Waals surface area contributed by atoms with Crippen molar-refractivity contribution < 1.29 is 24.2 Å². The van der Waals surface area contributed by atoms with Gasteiger partial charge in [-0.2, -0.15) is 0 Å². The first-order chi connectivity index (χ1) is 19.3. The second-order valence-corrected chi connectivity index (χ2v) is 13.8. The fourth-order valence-electron chi connectivity index (χ4n) is 6.68. The minimum atomic E-state index is -0.956. The van der Waals surface area contributed by atoms with Crippen LogP contribution in [0.3, 0.4) is 0 Å². The number of rotatable bonds is 8. The first kappa shape index (κ1) is 31.0. The van der Waals surface area contributed by atoms with Gasteiger partial charge in [0.05, 0.1) is 13.2 Å². The summed E-state index contributed by atoms with van der Waals surface area (Å²) in [5.74, 6) is -0.395. The predicted molar refractivity (Wildman–Crippen MR) is 161 cm³/mol. The Morgan fingerprint density at radius 1 is 1.02 bits per heavy atom. The Labute approximate surface area is 245 Å². The van der Waals surface area contributed by atoms with Crippen molar-refractivity contribution in [3.63, 3.8) is 0 Å². The molecule has 0 aromatic heterocycles. The Kier molecular flexibility index (Phi) is 9.49. The van der Waals surface area contributed by atoms with Crippen LogP contribution in [0.5, 0.6) is 5.75 Å². The van der Waals surface area contributed by atoms with Gasteiger partial charge in [0, 0.05) is 43.7 Å². The zero-order valence-electron chi connectivity index (χ0n) is 25.8. The Morgan fingerprint density at radius 2 is 1.68 bits per heavy atom. The number of likely N-dealkylation sites (tertiary alicyclic amines) is 1. The van der Waals surface area contributed by atoms with E-state index < -0.39 is 23.5 Å². The van der Waals surface area contributed by atoms with Gasteiger partial charge in [-0.15, -0.1) is 0 Å². The molecule has 4 rings (SSSR count). The van der Waals surface area contributed by atoms with Crippen LogP contribution in [0.4, 0.5) is 0 Å². The molecule has 4 atom stereocenters. The van der Waals surface area contributed by atoms with Crippen LogP contribution >= 0.6 is 0 Å². The van der Waals surface area contributed by atoms with Gasteiger partial charge in [-0.3, -0.25) is 4.79 Å². The Morgan fingerprint density at radius 3 is 2.24 bits per heavy atom. The van der Waals surface area contributed by atoms with Gasteiger partial charge in [-0.1, -0.05) is 84.0 Å². The van der Waals surface area contributed by atoms with E-state index in [9.17, 15) is 14.7 Å². The molecule has 224 valence electrons. The molecule has 0 bridgehead atoms. The molecule has 2 heterocycles. The van der Waals surface area contributed by atoms with Crippen molar-refractivity contribution in [2.45, 2.75) is 90.9 Å². The monoisotopic (exact) mass is 564 g/mol. The summed E-state index contributed by atoms with van der Waals surface area (Å²) in [6, 6.07) is 14.5. The van der Waals surface area contributed by atoms with Gasteiger partial charge in [0.2, 0.25) is 5.91 Å². The van der Waals surface area contributed by atoms with Crippen molar-refractivity contribution in [2.24, 2.45) is 17.3 Å². The maximum Gasteiger partial charge on any atom is 0.326 e. The van der Waals surface area contributed by atoms with Gasteiger partial charge < -0.3 is 24.8 Å². The Bertz CT molecular complexity index is 1190. The highest BCUT2D eigenvalue weighted by atomic mass is 16.5. The average Bonchev–Trinajstić information content (AvgIpc) is 3.28. The van der Waals surface area contributed by atoms with Crippen LogP contribution in [0.15, 0.2) is 48.5 Å². The maximum absolute atomic E-state index is 14.1. The number of nitrogens with zero attached hydrogens (tertiary/aromatic N) is 1. The van der Waals surface area contributed by atoms with Crippen molar-refractivity contribution in [3.8, 4) is 5.75 Å². The highest BCUT2D eigenvalue weighted by molar-refractivity contribution is 5.86. The van der Waals surface area contributed by atoms with Gasteiger partial charge >= 0.3 is 5.97 Å². The number of carboxylic acid groups (broad SMARTS) is 1. The topological polar surface area (TPSA) is 88.1 Å². The van der Waals surface area contributed by atoms with Gasteiger partial charge in [-0.25, -0.2) is 4.79 Å². The minimum Gasteiger partial charge on any atom is -0.496 e. The number of carbonyl (C=O) groups excluding carboxylic acids is 1. The predicted octanol–water partition coefficient (Wildman–Crippen LogP) is 5.97. The molecule has 0 aliphatic carbocycles. The lowest BCUT2D eigenvalue weighted by molar-refractivity contribution is -0.152. The highest BCUT2D eigenvalue weighted by Gasteiger charge is 2.57. The average molecular weight is 565 g/mol. The molecule has 2 saturated heterocycles. The van der Waals surface area contributed by atoms with Crippen molar-refractivity contribution in [3.05, 3.63) is 65.2 Å². The number of hydrogen-bond donors (Lipinski definition) is 2. The largest absolute Gasteiger partial charge is 0.496 e. The third kappa shape index (κ3) is 6.95. The fraction of sp³-hybridized carbons (Fsp3) is 0.588. The summed E-state index contributed by atoms with van der Waals surface area (Å²) < 4.78 is 11.2. The van der Waals surface area contributed by atoms with Crippen LogP contribution < -0.4 is 10.1 Å². The lowest BCUT2D eigenvalue weighted by Crippen LogP contribution is -2.48. The number of ether oxygens (including phenoxy) is 2. The van der Waals surface area contributed by atoms with Gasteiger partial charge in [0.1, 0.15) is 11.8 Å². The van der Waals surface area contributed by atoms with E-state index in [0.29, 0.717) is 26.2 Å². The number of benzene rings is 2. The van der Waals surface area contributed by atoms with Crippen LogP contribution in [0.25, 0.3) is 0 Å². The molecule has 1 amide bonds. The molecule has 41 heavy (non-hydrogen) atoms. The van der Waals surface area contributed by atoms with Crippen LogP contribution in [0.1, 0.15) is 83.5 Å². The summed E-state index contributed by atoms with van der Waals surface area (Å²) in [6.45, 7) is 14.6. The standard InChI is InChI=1S/C34H48N2O5/c1-33(2,3)25-13-14-26(40-7)24(20-25)21-35-29-28(34(4,5)6)31(32(38)39)36(30(29)23-11-9-8-10-12-23)27(37)19-22-15-17-41-18-16-22/h8-14,20,22,28-31,35H,15-19,21H2,1-7H3,(H,38,39)/t28-,29-,30-,31-/m0/s1. The molecular weight excluding hydrogens is 516 g/mol. The first-order valence-electron chi connectivity index (χ1n) is 14.9. The maximum atomic E-state index is 14.1. The van der Waals surface area contributed by atoms with Crippen molar-refractivity contribution >= 4 is 11.9 Å². The molecule has 2 fully saturated rings. The lowest BCUT2D eigenvalue weighted by Gasteiger charge is -2.35. The molecule has 2 aromatic rings. The number of aliphatic carboxylic acids is 1. The summed E-state index contributed by atoms with van der Waals surface area (Å²) in [5.41, 5.74) is 2.73. The molecular formula is C34H48N2O5. The normalized spacial score (nSPS) is 23.9. The van der Waals surface area contributed by atoms with Gasteiger partial charge in [0.15, 0.2) is 0 Å². The SMILES string of the molecule is COc1ccc(C(C)(C)C)cc1CN[C@H]1[C@H](C(C)(C)C)[C@@H](C(=O)O)N(C(=O)CC2CCOCC2)[C@H]1c1ccccc1. The van der Waals surface area contributed by atoms with Crippen molar-refractivity contribution in [2.75, 3.05) is 20.3 Å². The summed E-state index contributed by atoms with van der Waals surface area (Å²) in [7, 11) is 1.67. The van der Waals surface area contributed by atoms with E-state index in [4.69, 9.17) is 9.47 Å². The third-order valence-electron chi connectivity index (χ3n) is 8.83. The molecule has 7 heteroatoms. The number of carboxylic acids is 1. The second kappa shape index (κ2) is 12.5. The second-order valence-electron chi connectivity index (χ2n) is 13.8. The van der Waals surface area contributed by atoms with E-state index in [1.165, 1.54) is 5.56 Å². The van der Waals surface area contributed by atoms with Gasteiger partial charge in [-0.05, 0) is 46.8 Å². The molecule has 2 aliphatic rings. The molecule has 2 aliphatic heterocycles. The number of hydrogen-bond acceptors (Lipinski definition) is 5. The van der Waals surface area contributed by atoms with E-state index in [1.54, 1.807) is 12.0 Å². The summed E-state index contributed by atoms with van der Waals surface area (Å²) in [4.78, 5) is 28.9. The number of methoxy groups -OCH3 is 1. The quantitative estimate of drug-likeness (QED) is 0.411. The Hall–Kier alpha value is -2.90. The molecule has 2 aromatic carbocycles. The zero-order valence-corrected chi connectivity index (χ0v) is 25.8. The summed E-state index contributed by atoms with van der Waals surface area (Å²) >= 11 is 0. The summed E-state index contributed by atoms with van der Waals surface area (Å²) in [6.07, 6.45) is 1.98. The molecule has 0 unspecified atom stereocenters. The van der Waals surface area contributed by atoms with Crippen LogP contribution in [-0.2, 0) is 26.3 Å². The van der Waals surface area contributed by atoms with Crippen molar-refractivity contribution in [1.29, 1.82) is 0 Å². The van der Waals surface area contributed by atoms with E-state index in [-0.39, 0.29) is 29.2 Å².